The Hall–Kier alpha value is -1.01. The molecule has 3 N–H and O–H groups in total. The molecule has 16 heavy (non-hydrogen) atoms. The van der Waals surface area contributed by atoms with Crippen molar-refractivity contribution in [1.29, 1.82) is 0 Å². The van der Waals surface area contributed by atoms with Crippen LogP contribution in [-0.2, 0) is 4.79 Å². The zero-order valence-electron chi connectivity index (χ0n) is 10.6. The highest BCUT2D eigenvalue weighted by Crippen LogP contribution is 2.14. The third kappa shape index (κ3) is 6.47. The van der Waals surface area contributed by atoms with Gasteiger partial charge in [-0.2, -0.15) is 0 Å². The Labute approximate surface area is 99.2 Å². The van der Waals surface area contributed by atoms with Crippen molar-refractivity contribution in [1.82, 2.24) is 5.32 Å². The van der Waals surface area contributed by atoms with Gasteiger partial charge < -0.3 is 11.1 Å². The number of rotatable bonds is 7. The molecule has 0 spiro atoms. The van der Waals surface area contributed by atoms with E-state index >= 15 is 0 Å². The molecule has 0 heterocycles. The molecule has 0 fully saturated rings. The van der Waals surface area contributed by atoms with E-state index in [1.54, 1.807) is 0 Å². The van der Waals surface area contributed by atoms with E-state index in [0.717, 1.165) is 12.8 Å². The number of nitrogens with one attached hydrogen (secondary N) is 1. The number of carbonyl (C=O) groups is 1. The summed E-state index contributed by atoms with van der Waals surface area (Å²) in [6.07, 6.45) is 7.51. The Balaban J connectivity index is 4.06. The maximum absolute atomic E-state index is 11.7. The van der Waals surface area contributed by atoms with Gasteiger partial charge in [0.2, 0.25) is 5.91 Å². The van der Waals surface area contributed by atoms with Gasteiger partial charge in [-0.3, -0.25) is 4.79 Å². The van der Waals surface area contributed by atoms with Gasteiger partial charge in [-0.15, -0.1) is 6.42 Å². The lowest BCUT2D eigenvalue weighted by Gasteiger charge is -2.18. The molecule has 0 aromatic carbocycles. The van der Waals surface area contributed by atoms with Crippen molar-refractivity contribution >= 4 is 5.91 Å². The second-order valence-electron chi connectivity index (χ2n) is 4.63. The van der Waals surface area contributed by atoms with E-state index in [1.807, 2.05) is 6.92 Å². The van der Waals surface area contributed by atoms with Gasteiger partial charge in [0.25, 0.3) is 0 Å². The van der Waals surface area contributed by atoms with Crippen molar-refractivity contribution in [2.24, 2.45) is 17.6 Å². The van der Waals surface area contributed by atoms with Gasteiger partial charge >= 0.3 is 0 Å². The third-order valence-corrected chi connectivity index (χ3v) is 2.56. The molecular weight excluding hydrogens is 200 g/mol. The van der Waals surface area contributed by atoms with Crippen LogP contribution in [0.25, 0.3) is 0 Å². The van der Waals surface area contributed by atoms with E-state index in [0.29, 0.717) is 18.9 Å². The maximum Gasteiger partial charge on any atom is 0.221 e. The topological polar surface area (TPSA) is 55.1 Å². The third-order valence-electron chi connectivity index (χ3n) is 2.56. The molecule has 3 heteroatoms. The van der Waals surface area contributed by atoms with Gasteiger partial charge in [-0.1, -0.05) is 26.7 Å². The number of hydrogen-bond acceptors (Lipinski definition) is 2. The van der Waals surface area contributed by atoms with Gasteiger partial charge in [-0.05, 0) is 31.2 Å². The number of carbonyl (C=O) groups excluding carboxylic acids is 1. The Morgan fingerprint density at radius 2 is 2.12 bits per heavy atom. The van der Waals surface area contributed by atoms with Gasteiger partial charge in [0.05, 0.1) is 6.04 Å². The molecule has 0 saturated carbocycles. The minimum Gasteiger partial charge on any atom is -0.342 e. The number of amides is 1. The van der Waals surface area contributed by atoms with Crippen LogP contribution in [-0.4, -0.2) is 18.5 Å². The molecular formula is C13H24N2O. The second kappa shape index (κ2) is 8.18. The molecule has 2 atom stereocenters. The minimum atomic E-state index is -0.148. The lowest BCUT2D eigenvalue weighted by Crippen LogP contribution is -2.35. The zero-order chi connectivity index (χ0) is 12.6. The highest BCUT2D eigenvalue weighted by Gasteiger charge is 2.15. The molecule has 92 valence electrons. The first-order valence-electron chi connectivity index (χ1n) is 5.99. The highest BCUT2D eigenvalue weighted by atomic mass is 16.1. The molecule has 3 nitrogen and oxygen atoms in total. The van der Waals surface area contributed by atoms with E-state index in [1.165, 1.54) is 0 Å². The summed E-state index contributed by atoms with van der Waals surface area (Å²) in [5.41, 5.74) is 5.64. The SMILES string of the molecule is C#CC(CC)NC(=O)C[C@@H](CN)CC(C)C. The van der Waals surface area contributed by atoms with E-state index in [9.17, 15) is 4.79 Å². The van der Waals surface area contributed by atoms with Crippen LogP contribution in [0.2, 0.25) is 0 Å². The van der Waals surface area contributed by atoms with Crippen LogP contribution in [0.4, 0.5) is 0 Å². The molecule has 0 saturated heterocycles. The molecule has 0 aliphatic carbocycles. The molecule has 0 aromatic rings. The quantitative estimate of drug-likeness (QED) is 0.644. The van der Waals surface area contributed by atoms with E-state index in [4.69, 9.17) is 12.2 Å². The summed E-state index contributed by atoms with van der Waals surface area (Å²) >= 11 is 0. The zero-order valence-corrected chi connectivity index (χ0v) is 10.6. The molecule has 0 aliphatic rings. The predicted octanol–water partition coefficient (Wildman–Crippen LogP) is 1.53. The van der Waals surface area contributed by atoms with Gasteiger partial charge in [0, 0.05) is 6.42 Å². The number of hydrogen-bond donors (Lipinski definition) is 2. The fourth-order valence-electron chi connectivity index (χ4n) is 1.71. The van der Waals surface area contributed by atoms with Crippen LogP contribution in [0.5, 0.6) is 0 Å². The predicted molar refractivity (Wildman–Crippen MR) is 67.7 cm³/mol. The summed E-state index contributed by atoms with van der Waals surface area (Å²) in [6, 6.07) is -0.148. The Morgan fingerprint density at radius 3 is 2.50 bits per heavy atom. The monoisotopic (exact) mass is 224 g/mol. The minimum absolute atomic E-state index is 0.0147. The van der Waals surface area contributed by atoms with Crippen LogP contribution in [0.15, 0.2) is 0 Å². The summed E-state index contributed by atoms with van der Waals surface area (Å²) in [6.45, 7) is 6.78. The van der Waals surface area contributed by atoms with Gasteiger partial charge in [0.1, 0.15) is 0 Å². The number of nitrogens with two attached hydrogens (primary N) is 1. The first kappa shape index (κ1) is 15.0. The first-order chi connectivity index (χ1) is 7.53. The highest BCUT2D eigenvalue weighted by molar-refractivity contribution is 5.76. The molecule has 0 aliphatic heterocycles. The van der Waals surface area contributed by atoms with Crippen LogP contribution >= 0.6 is 0 Å². The lowest BCUT2D eigenvalue weighted by atomic mass is 9.94. The summed E-state index contributed by atoms with van der Waals surface area (Å²) in [5, 5.41) is 2.82. The fourth-order valence-corrected chi connectivity index (χ4v) is 1.71. The van der Waals surface area contributed by atoms with Crippen LogP contribution < -0.4 is 11.1 Å². The molecule has 0 bridgehead atoms. The van der Waals surface area contributed by atoms with Crippen molar-refractivity contribution in [3.05, 3.63) is 0 Å². The molecule has 0 aromatic heterocycles. The van der Waals surface area contributed by atoms with E-state index < -0.39 is 0 Å². The van der Waals surface area contributed by atoms with E-state index in [2.05, 4.69) is 25.1 Å². The van der Waals surface area contributed by atoms with Gasteiger partial charge in [-0.25, -0.2) is 0 Å². The first-order valence-corrected chi connectivity index (χ1v) is 5.99. The van der Waals surface area contributed by atoms with Crippen LogP contribution in [0.1, 0.15) is 40.0 Å². The average molecular weight is 224 g/mol. The summed E-state index contributed by atoms with van der Waals surface area (Å²) in [4.78, 5) is 11.7. The normalized spacial score (nSPS) is 14.2. The van der Waals surface area contributed by atoms with Crippen molar-refractivity contribution < 1.29 is 4.79 Å². The van der Waals surface area contributed by atoms with Crippen molar-refractivity contribution in [3.63, 3.8) is 0 Å². The van der Waals surface area contributed by atoms with E-state index in [-0.39, 0.29) is 17.9 Å². The van der Waals surface area contributed by atoms with Crippen LogP contribution in [0.3, 0.4) is 0 Å². The Bertz CT molecular complexity index is 243. The molecule has 0 radical (unpaired) electrons. The summed E-state index contributed by atoms with van der Waals surface area (Å²) in [5.74, 6) is 3.39. The maximum atomic E-state index is 11.7. The molecule has 0 rings (SSSR count). The average Bonchev–Trinajstić information content (AvgIpc) is 2.24. The fraction of sp³-hybridized carbons (Fsp3) is 0.769. The summed E-state index contributed by atoms with van der Waals surface area (Å²) in [7, 11) is 0. The molecule has 1 amide bonds. The summed E-state index contributed by atoms with van der Waals surface area (Å²) < 4.78 is 0. The Morgan fingerprint density at radius 1 is 1.50 bits per heavy atom. The van der Waals surface area contributed by atoms with Crippen molar-refractivity contribution in [2.45, 2.75) is 46.1 Å². The largest absolute Gasteiger partial charge is 0.342 e. The Kier molecular flexibility index (Phi) is 7.66. The number of terminal acetylenes is 1. The van der Waals surface area contributed by atoms with Gasteiger partial charge in [0.15, 0.2) is 0 Å². The van der Waals surface area contributed by atoms with Crippen molar-refractivity contribution in [3.8, 4) is 12.3 Å². The van der Waals surface area contributed by atoms with Crippen molar-refractivity contribution in [2.75, 3.05) is 6.54 Å². The second-order valence-corrected chi connectivity index (χ2v) is 4.63. The standard InChI is InChI=1S/C13H24N2O/c1-5-12(6-2)15-13(16)8-11(9-14)7-10(3)4/h1,10-12H,6-9,14H2,2-4H3,(H,15,16)/t11-,12?/m0/s1. The lowest BCUT2D eigenvalue weighted by molar-refractivity contribution is -0.122. The van der Waals surface area contributed by atoms with Crippen LogP contribution in [0, 0.1) is 24.2 Å². The molecule has 1 unspecified atom stereocenters. The smallest absolute Gasteiger partial charge is 0.221 e.